The van der Waals surface area contributed by atoms with E-state index >= 15 is 0 Å². The minimum atomic E-state index is -0.646. The van der Waals surface area contributed by atoms with Gasteiger partial charge in [0.05, 0.1) is 7.11 Å². The van der Waals surface area contributed by atoms with Gasteiger partial charge in [0, 0.05) is 35.6 Å². The summed E-state index contributed by atoms with van der Waals surface area (Å²) in [6, 6.07) is 26.9. The number of rotatable bonds is 11. The zero-order valence-electron chi connectivity index (χ0n) is 21.6. The van der Waals surface area contributed by atoms with Crippen molar-refractivity contribution in [1.82, 2.24) is 10.2 Å². The smallest absolute Gasteiger partial charge is 0.243 e. The predicted molar refractivity (Wildman–Crippen MR) is 147 cm³/mol. The summed E-state index contributed by atoms with van der Waals surface area (Å²) in [7, 11) is 1.62. The lowest BCUT2D eigenvalue weighted by Gasteiger charge is -2.34. The van der Waals surface area contributed by atoms with Crippen molar-refractivity contribution in [3.8, 4) is 5.75 Å². The van der Waals surface area contributed by atoms with Gasteiger partial charge in [0.25, 0.3) is 0 Å². The molecule has 3 rings (SSSR count). The zero-order valence-corrected chi connectivity index (χ0v) is 22.4. The standard InChI is InChI=1S/C30H36N2O3S/c1-30(2,3)31-29(34)27(21-23-12-7-5-8-13-23)32(22-24-14-11-15-25(20-24)35-4)28(33)18-19-36-26-16-9-6-10-17-26/h5-17,20,27H,18-19,21-22H2,1-4H3,(H,31,34)/t27-/m0/s1. The van der Waals surface area contributed by atoms with Gasteiger partial charge in [0.15, 0.2) is 0 Å². The molecule has 0 unspecified atom stereocenters. The third kappa shape index (κ3) is 8.76. The first-order valence-corrected chi connectivity index (χ1v) is 13.2. The van der Waals surface area contributed by atoms with Crippen molar-refractivity contribution in [2.45, 2.75) is 56.6 Å². The molecule has 36 heavy (non-hydrogen) atoms. The summed E-state index contributed by atoms with van der Waals surface area (Å²) in [5.74, 6) is 1.15. The van der Waals surface area contributed by atoms with Crippen LogP contribution in [0.15, 0.2) is 89.8 Å². The van der Waals surface area contributed by atoms with Crippen LogP contribution in [0.3, 0.4) is 0 Å². The van der Waals surface area contributed by atoms with Gasteiger partial charge < -0.3 is 15.0 Å². The summed E-state index contributed by atoms with van der Waals surface area (Å²) in [5.41, 5.74) is 1.51. The van der Waals surface area contributed by atoms with Crippen LogP contribution >= 0.6 is 11.8 Å². The van der Waals surface area contributed by atoms with Gasteiger partial charge in [-0.05, 0) is 56.2 Å². The molecule has 190 valence electrons. The largest absolute Gasteiger partial charge is 0.497 e. The molecule has 3 aromatic rings. The average molecular weight is 505 g/mol. The van der Waals surface area contributed by atoms with Crippen LogP contribution < -0.4 is 10.1 Å². The number of benzene rings is 3. The number of carbonyl (C=O) groups is 2. The average Bonchev–Trinajstić information content (AvgIpc) is 2.86. The monoisotopic (exact) mass is 504 g/mol. The Bertz CT molecular complexity index is 1110. The Balaban J connectivity index is 1.89. The van der Waals surface area contributed by atoms with Gasteiger partial charge in [-0.15, -0.1) is 11.8 Å². The summed E-state index contributed by atoms with van der Waals surface area (Å²) >= 11 is 1.64. The normalized spacial score (nSPS) is 12.0. The van der Waals surface area contributed by atoms with Gasteiger partial charge in [-0.3, -0.25) is 9.59 Å². The van der Waals surface area contributed by atoms with Crippen molar-refractivity contribution in [3.63, 3.8) is 0 Å². The number of methoxy groups -OCH3 is 1. The first-order valence-electron chi connectivity index (χ1n) is 12.2. The van der Waals surface area contributed by atoms with Crippen molar-refractivity contribution in [2.75, 3.05) is 12.9 Å². The van der Waals surface area contributed by atoms with Gasteiger partial charge in [0.1, 0.15) is 11.8 Å². The molecule has 1 atom stereocenters. The Kier molecular flexibility index (Phi) is 10.00. The highest BCUT2D eigenvalue weighted by atomic mass is 32.2. The van der Waals surface area contributed by atoms with Crippen LogP contribution in [0, 0.1) is 0 Å². The van der Waals surface area contributed by atoms with Gasteiger partial charge in [-0.1, -0.05) is 60.7 Å². The van der Waals surface area contributed by atoms with E-state index in [1.54, 1.807) is 23.8 Å². The molecule has 0 saturated carbocycles. The van der Waals surface area contributed by atoms with E-state index in [0.29, 0.717) is 25.1 Å². The number of nitrogens with zero attached hydrogens (tertiary/aromatic N) is 1. The number of amides is 2. The van der Waals surface area contributed by atoms with Crippen LogP contribution in [0.1, 0.15) is 38.3 Å². The summed E-state index contributed by atoms with van der Waals surface area (Å²) in [5, 5.41) is 3.10. The molecule has 3 aromatic carbocycles. The number of carbonyl (C=O) groups excluding carboxylic acids is 2. The van der Waals surface area contributed by atoms with E-state index in [1.807, 2.05) is 106 Å². The fourth-order valence-corrected chi connectivity index (χ4v) is 4.75. The second-order valence-electron chi connectivity index (χ2n) is 9.73. The van der Waals surface area contributed by atoms with Gasteiger partial charge in [-0.25, -0.2) is 0 Å². The molecule has 0 spiro atoms. The SMILES string of the molecule is COc1cccc(CN(C(=O)CCSc2ccccc2)[C@@H](Cc2ccccc2)C(=O)NC(C)(C)C)c1. The molecule has 0 aliphatic heterocycles. The summed E-state index contributed by atoms with van der Waals surface area (Å²) in [4.78, 5) is 30.1. The maximum atomic E-state index is 13.7. The molecular formula is C30H36N2O3S. The van der Waals surface area contributed by atoms with Crippen molar-refractivity contribution in [1.29, 1.82) is 0 Å². The second kappa shape index (κ2) is 13.2. The molecule has 0 aliphatic rings. The number of hydrogen-bond donors (Lipinski definition) is 1. The van der Waals surface area contributed by atoms with E-state index in [9.17, 15) is 9.59 Å². The molecule has 0 aromatic heterocycles. The maximum Gasteiger partial charge on any atom is 0.243 e. The van der Waals surface area contributed by atoms with Gasteiger partial charge in [0.2, 0.25) is 11.8 Å². The van der Waals surface area contributed by atoms with Crippen molar-refractivity contribution >= 4 is 23.6 Å². The molecule has 0 bridgehead atoms. The first kappa shape index (κ1) is 27.3. The highest BCUT2D eigenvalue weighted by Crippen LogP contribution is 2.22. The first-order chi connectivity index (χ1) is 17.2. The van der Waals surface area contributed by atoms with E-state index in [2.05, 4.69) is 5.32 Å². The topological polar surface area (TPSA) is 58.6 Å². The van der Waals surface area contributed by atoms with E-state index < -0.39 is 11.6 Å². The van der Waals surface area contributed by atoms with E-state index in [0.717, 1.165) is 21.8 Å². The fourth-order valence-electron chi connectivity index (χ4n) is 3.89. The lowest BCUT2D eigenvalue weighted by atomic mass is 10.0. The predicted octanol–water partition coefficient (Wildman–Crippen LogP) is 5.73. The molecular weight excluding hydrogens is 468 g/mol. The van der Waals surface area contributed by atoms with E-state index in [4.69, 9.17) is 4.74 Å². The third-order valence-corrected chi connectivity index (χ3v) is 6.60. The second-order valence-corrected chi connectivity index (χ2v) is 10.9. The number of hydrogen-bond acceptors (Lipinski definition) is 4. The Labute approximate surface area is 219 Å². The van der Waals surface area contributed by atoms with Crippen LogP contribution in [0.4, 0.5) is 0 Å². The van der Waals surface area contributed by atoms with Gasteiger partial charge in [-0.2, -0.15) is 0 Å². The number of nitrogens with one attached hydrogen (secondary N) is 1. The lowest BCUT2D eigenvalue weighted by molar-refractivity contribution is -0.141. The zero-order chi connectivity index (χ0) is 26.0. The molecule has 0 radical (unpaired) electrons. The van der Waals surface area contributed by atoms with E-state index in [-0.39, 0.29) is 11.8 Å². The van der Waals surface area contributed by atoms with Crippen molar-refractivity contribution in [3.05, 3.63) is 96.1 Å². The van der Waals surface area contributed by atoms with Crippen LogP contribution in [0.2, 0.25) is 0 Å². The molecule has 1 N–H and O–H groups in total. The fraction of sp³-hybridized carbons (Fsp3) is 0.333. The molecule has 0 heterocycles. The highest BCUT2D eigenvalue weighted by molar-refractivity contribution is 7.99. The molecule has 0 aliphatic carbocycles. The molecule has 0 fully saturated rings. The summed E-state index contributed by atoms with van der Waals surface area (Å²) in [6.07, 6.45) is 0.766. The third-order valence-electron chi connectivity index (χ3n) is 5.58. The van der Waals surface area contributed by atoms with Crippen LogP contribution in [0.5, 0.6) is 5.75 Å². The quantitative estimate of drug-likeness (QED) is 0.339. The number of thioether (sulfide) groups is 1. The Hall–Kier alpha value is -3.25. The maximum absolute atomic E-state index is 13.7. The molecule has 2 amide bonds. The minimum absolute atomic E-state index is 0.0498. The lowest BCUT2D eigenvalue weighted by Crippen LogP contribution is -2.54. The van der Waals surface area contributed by atoms with Crippen molar-refractivity contribution in [2.24, 2.45) is 0 Å². The van der Waals surface area contributed by atoms with Crippen LogP contribution in [0.25, 0.3) is 0 Å². The molecule has 5 nitrogen and oxygen atoms in total. The number of ether oxygens (including phenoxy) is 1. The molecule has 6 heteroatoms. The summed E-state index contributed by atoms with van der Waals surface area (Å²) < 4.78 is 5.39. The molecule has 0 saturated heterocycles. The Morgan fingerprint density at radius 1 is 0.917 bits per heavy atom. The minimum Gasteiger partial charge on any atom is -0.497 e. The summed E-state index contributed by atoms with van der Waals surface area (Å²) in [6.45, 7) is 6.18. The van der Waals surface area contributed by atoms with Crippen LogP contribution in [-0.4, -0.2) is 41.2 Å². The van der Waals surface area contributed by atoms with Gasteiger partial charge >= 0.3 is 0 Å². The Morgan fingerprint density at radius 3 is 2.19 bits per heavy atom. The van der Waals surface area contributed by atoms with Crippen LogP contribution in [-0.2, 0) is 22.6 Å². The highest BCUT2D eigenvalue weighted by Gasteiger charge is 2.32. The van der Waals surface area contributed by atoms with Crippen molar-refractivity contribution < 1.29 is 14.3 Å². The Morgan fingerprint density at radius 2 is 1.56 bits per heavy atom. The van der Waals surface area contributed by atoms with E-state index in [1.165, 1.54) is 0 Å².